The molecule has 0 aromatic rings. The average Bonchev–Trinajstić information content (AvgIpc) is 2.63. The number of carbonyl (C=O) groups excluding carboxylic acids is 1. The molecule has 0 aromatic heterocycles. The summed E-state index contributed by atoms with van der Waals surface area (Å²) in [6.45, 7) is 4.90. The average molecular weight is 349 g/mol. The van der Waals surface area contributed by atoms with Crippen LogP contribution >= 0.6 is 0 Å². The Morgan fingerprint density at radius 1 is 0.640 bits per heavy atom. The Morgan fingerprint density at radius 2 is 1.16 bits per heavy atom. The Hall–Kier alpha value is -0.330. The van der Waals surface area contributed by atoms with Gasteiger partial charge in [-0.1, -0.05) is 84.5 Å². The Balaban J connectivity index is 1.35. The lowest BCUT2D eigenvalue weighted by molar-refractivity contribution is -0.112. The minimum atomic E-state index is 0.386. The first-order valence-electron chi connectivity index (χ1n) is 11.6. The molecule has 0 aromatic carbocycles. The highest BCUT2D eigenvalue weighted by molar-refractivity contribution is 5.53. The summed E-state index contributed by atoms with van der Waals surface area (Å²) in [4.78, 5) is 10.8. The van der Waals surface area contributed by atoms with E-state index in [1.54, 1.807) is 0 Å². The third kappa shape index (κ3) is 8.27. The molecule has 2 aliphatic carbocycles. The van der Waals surface area contributed by atoms with Gasteiger partial charge in [0, 0.05) is 5.92 Å². The van der Waals surface area contributed by atoms with Crippen LogP contribution < -0.4 is 0 Å². The second-order valence-electron chi connectivity index (χ2n) is 9.60. The molecule has 1 nitrogen and oxygen atoms in total. The van der Waals surface area contributed by atoms with Crippen LogP contribution in [0.15, 0.2) is 0 Å². The van der Waals surface area contributed by atoms with E-state index in [2.05, 4.69) is 13.8 Å². The van der Waals surface area contributed by atoms with Crippen molar-refractivity contribution in [3.05, 3.63) is 0 Å². The van der Waals surface area contributed by atoms with Crippen LogP contribution in [0.4, 0.5) is 0 Å². The molecule has 1 heteroatoms. The maximum Gasteiger partial charge on any atom is 0.123 e. The molecule has 0 saturated heterocycles. The molecule has 2 saturated carbocycles. The van der Waals surface area contributed by atoms with Crippen LogP contribution in [-0.2, 0) is 4.79 Å². The lowest BCUT2D eigenvalue weighted by atomic mass is 9.74. The maximum atomic E-state index is 10.8. The highest BCUT2D eigenvalue weighted by Crippen LogP contribution is 2.36. The molecule has 0 amide bonds. The summed E-state index contributed by atoms with van der Waals surface area (Å²) in [5, 5.41) is 0. The van der Waals surface area contributed by atoms with Crippen LogP contribution in [0.25, 0.3) is 0 Å². The maximum absolute atomic E-state index is 10.8. The van der Waals surface area contributed by atoms with Crippen LogP contribution in [0.5, 0.6) is 0 Å². The molecule has 0 aliphatic heterocycles. The first-order valence-corrected chi connectivity index (χ1v) is 11.6. The predicted molar refractivity (Wildman–Crippen MR) is 109 cm³/mol. The first-order chi connectivity index (χ1) is 12.2. The normalized spacial score (nSPS) is 33.3. The standard InChI is InChI=1S/C24H44O/c1-20-12-13-23(18-21(20)2)11-9-7-5-3-4-6-8-10-22-14-16-24(19-25)17-15-22/h19-24H,3-18H2,1-2H3. The van der Waals surface area contributed by atoms with E-state index in [0.717, 1.165) is 36.5 Å². The number of aldehydes is 1. The van der Waals surface area contributed by atoms with Crippen molar-refractivity contribution in [3.8, 4) is 0 Å². The van der Waals surface area contributed by atoms with Gasteiger partial charge in [0.25, 0.3) is 0 Å². The van der Waals surface area contributed by atoms with Gasteiger partial charge < -0.3 is 4.79 Å². The van der Waals surface area contributed by atoms with E-state index in [1.165, 1.54) is 96.2 Å². The minimum absolute atomic E-state index is 0.386. The fourth-order valence-electron chi connectivity index (χ4n) is 5.28. The Labute approximate surface area is 157 Å². The fourth-order valence-corrected chi connectivity index (χ4v) is 5.28. The van der Waals surface area contributed by atoms with Gasteiger partial charge in [0.15, 0.2) is 0 Å². The molecule has 0 heterocycles. The smallest absolute Gasteiger partial charge is 0.123 e. The van der Waals surface area contributed by atoms with Gasteiger partial charge in [0.2, 0.25) is 0 Å². The van der Waals surface area contributed by atoms with Crippen molar-refractivity contribution in [3.63, 3.8) is 0 Å². The van der Waals surface area contributed by atoms with Crippen LogP contribution in [0.2, 0.25) is 0 Å². The molecular weight excluding hydrogens is 304 g/mol. The highest BCUT2D eigenvalue weighted by atomic mass is 16.1. The van der Waals surface area contributed by atoms with Crippen molar-refractivity contribution in [2.75, 3.05) is 0 Å². The zero-order valence-electron chi connectivity index (χ0n) is 17.2. The number of hydrogen-bond acceptors (Lipinski definition) is 1. The molecule has 25 heavy (non-hydrogen) atoms. The summed E-state index contributed by atoms with van der Waals surface area (Å²) in [5.41, 5.74) is 0. The van der Waals surface area contributed by atoms with Crippen molar-refractivity contribution in [1.82, 2.24) is 0 Å². The topological polar surface area (TPSA) is 17.1 Å². The van der Waals surface area contributed by atoms with Gasteiger partial charge in [-0.15, -0.1) is 0 Å². The molecule has 0 radical (unpaired) electrons. The Morgan fingerprint density at radius 3 is 1.72 bits per heavy atom. The zero-order chi connectivity index (χ0) is 17.9. The van der Waals surface area contributed by atoms with Gasteiger partial charge in [-0.3, -0.25) is 0 Å². The van der Waals surface area contributed by atoms with E-state index in [0.29, 0.717) is 5.92 Å². The zero-order valence-corrected chi connectivity index (χ0v) is 17.2. The van der Waals surface area contributed by atoms with Gasteiger partial charge in [-0.25, -0.2) is 0 Å². The summed E-state index contributed by atoms with van der Waals surface area (Å²) in [5.74, 6) is 4.29. The lowest BCUT2D eigenvalue weighted by Gasteiger charge is -2.32. The Kier molecular flexibility index (Phi) is 10.2. The number of rotatable bonds is 11. The van der Waals surface area contributed by atoms with Crippen molar-refractivity contribution >= 4 is 6.29 Å². The van der Waals surface area contributed by atoms with E-state index < -0.39 is 0 Å². The van der Waals surface area contributed by atoms with Gasteiger partial charge in [0.1, 0.15) is 6.29 Å². The lowest BCUT2D eigenvalue weighted by Crippen LogP contribution is -2.20. The Bertz CT molecular complexity index is 342. The van der Waals surface area contributed by atoms with Crippen LogP contribution in [0.3, 0.4) is 0 Å². The van der Waals surface area contributed by atoms with Gasteiger partial charge in [-0.2, -0.15) is 0 Å². The summed E-state index contributed by atoms with van der Waals surface area (Å²) >= 11 is 0. The van der Waals surface area contributed by atoms with Crippen LogP contribution in [0.1, 0.15) is 117 Å². The van der Waals surface area contributed by atoms with Crippen molar-refractivity contribution < 1.29 is 4.79 Å². The van der Waals surface area contributed by atoms with E-state index >= 15 is 0 Å². The molecule has 2 rings (SSSR count). The number of hydrogen-bond donors (Lipinski definition) is 0. The number of carbonyl (C=O) groups is 1. The number of unbranched alkanes of at least 4 members (excludes halogenated alkanes) is 6. The van der Waals surface area contributed by atoms with Gasteiger partial charge >= 0.3 is 0 Å². The SMILES string of the molecule is CC1CCC(CCCCCCCCCC2CCC(C=O)CC2)CC1C. The summed E-state index contributed by atoms with van der Waals surface area (Å²) in [6, 6.07) is 0. The van der Waals surface area contributed by atoms with E-state index in [-0.39, 0.29) is 0 Å². The van der Waals surface area contributed by atoms with E-state index in [9.17, 15) is 4.79 Å². The fraction of sp³-hybridized carbons (Fsp3) is 0.958. The summed E-state index contributed by atoms with van der Waals surface area (Å²) in [6.07, 6.45) is 23.7. The molecule has 0 N–H and O–H groups in total. The summed E-state index contributed by atoms with van der Waals surface area (Å²) in [7, 11) is 0. The molecule has 0 bridgehead atoms. The predicted octanol–water partition coefficient (Wildman–Crippen LogP) is 7.57. The quantitative estimate of drug-likeness (QED) is 0.278. The van der Waals surface area contributed by atoms with Crippen LogP contribution in [-0.4, -0.2) is 6.29 Å². The third-order valence-corrected chi connectivity index (χ3v) is 7.52. The second-order valence-corrected chi connectivity index (χ2v) is 9.60. The molecule has 2 fully saturated rings. The molecule has 3 unspecified atom stereocenters. The van der Waals surface area contributed by atoms with Gasteiger partial charge in [0.05, 0.1) is 0 Å². The third-order valence-electron chi connectivity index (χ3n) is 7.52. The molecule has 2 aliphatic rings. The highest BCUT2D eigenvalue weighted by Gasteiger charge is 2.23. The monoisotopic (exact) mass is 348 g/mol. The first kappa shape index (κ1) is 21.0. The largest absolute Gasteiger partial charge is 0.303 e. The summed E-state index contributed by atoms with van der Waals surface area (Å²) < 4.78 is 0. The molecule has 146 valence electrons. The van der Waals surface area contributed by atoms with Crippen molar-refractivity contribution in [2.24, 2.45) is 29.6 Å². The van der Waals surface area contributed by atoms with E-state index in [1.807, 2.05) is 0 Å². The molecular formula is C24H44O. The minimum Gasteiger partial charge on any atom is -0.303 e. The molecule has 3 atom stereocenters. The van der Waals surface area contributed by atoms with Crippen molar-refractivity contribution in [2.45, 2.75) is 117 Å². The van der Waals surface area contributed by atoms with Crippen LogP contribution in [0, 0.1) is 29.6 Å². The van der Waals surface area contributed by atoms with E-state index in [4.69, 9.17) is 0 Å². The molecule has 0 spiro atoms. The van der Waals surface area contributed by atoms with Crippen molar-refractivity contribution in [1.29, 1.82) is 0 Å². The van der Waals surface area contributed by atoms with Gasteiger partial charge in [-0.05, 0) is 55.8 Å². The second kappa shape index (κ2) is 12.1.